The van der Waals surface area contributed by atoms with Crippen molar-refractivity contribution in [1.29, 1.82) is 0 Å². The quantitative estimate of drug-likeness (QED) is 0.0258. The number of pyridine rings is 4. The van der Waals surface area contributed by atoms with E-state index in [1.165, 1.54) is 0 Å². The van der Waals surface area contributed by atoms with Gasteiger partial charge in [0.25, 0.3) is 0 Å². The maximum Gasteiger partial charge on any atom is 0.349 e. The molecule has 0 saturated heterocycles. The summed E-state index contributed by atoms with van der Waals surface area (Å²) >= 11 is 25.2. The molecule has 4 atom stereocenters. The summed E-state index contributed by atoms with van der Waals surface area (Å²) in [6.45, 7) is 21.7. The minimum atomic E-state index is -1.21. The number of aliphatic hydroxyl groups excluding tert-OH is 2. The Labute approximate surface area is 883 Å². The first-order valence-electron chi connectivity index (χ1n) is 47.6. The second kappa shape index (κ2) is 55.5. The Morgan fingerprint density at radius 2 is 0.568 bits per heavy atom. The SMILES string of the molecule is C.C.C=C(O)C(CC(C)C)Oc1ccc(Cl)cc1COc1ccc(OCc2ccc3ccccc3n2)cc1.C=C(O)C(CC(C)C)Oc1ccc(Cl)cc1COc1cccc(OCc2ccc3ccccc3n2)c1.CC(C)CC(Oc1c(Cl)cccc1COc1ccc(OCc2ccc3ccccc3n2)cc1)C(=O)O.O=C(O)C(Oc1c(Cl)cccc1COc1ccc(OCc2ccc3ccccc3n2)cc1)c1ccccc1. The number of hydrogen-bond donors (Lipinski definition) is 4. The van der Waals surface area contributed by atoms with Gasteiger partial charge in [-0.1, -0.05) is 274 Å². The number of aliphatic hydroxyl groups is 2. The smallest absolute Gasteiger partial charge is 0.349 e. The molecule has 17 aromatic rings. The van der Waals surface area contributed by atoms with Crippen molar-refractivity contribution in [1.82, 2.24) is 19.9 Å². The molecule has 0 aliphatic heterocycles. The number of hydrogen-bond acceptors (Lipinski definition) is 20. The fourth-order valence-corrected chi connectivity index (χ4v) is 16.0. The minimum absolute atomic E-state index is 0. The van der Waals surface area contributed by atoms with Gasteiger partial charge < -0.3 is 77.3 Å². The van der Waals surface area contributed by atoms with Crippen LogP contribution < -0.4 is 56.8 Å². The molecule has 4 N–H and O–H groups in total. The normalized spacial score (nSPS) is 11.7. The number of para-hydroxylation sites is 6. The molecule has 26 heteroatoms. The molecule has 13 aromatic carbocycles. The van der Waals surface area contributed by atoms with Crippen LogP contribution in [0.5, 0.6) is 69.0 Å². The fourth-order valence-electron chi connectivity index (χ4n) is 15.2. The van der Waals surface area contributed by atoms with Crippen molar-refractivity contribution in [3.05, 3.63) is 441 Å². The van der Waals surface area contributed by atoms with Crippen LogP contribution in [0.1, 0.15) is 132 Å². The molecule has 0 radical (unpaired) electrons. The van der Waals surface area contributed by atoms with Crippen molar-refractivity contribution in [2.45, 2.75) is 153 Å². The zero-order valence-corrected chi connectivity index (χ0v) is 84.5. The number of rotatable bonds is 43. The topological polar surface area (TPSA) is 277 Å². The molecule has 0 fully saturated rings. The Hall–Kier alpha value is -15.7. The Morgan fingerprint density at radius 3 is 0.892 bits per heavy atom. The van der Waals surface area contributed by atoms with Crippen LogP contribution in [-0.4, -0.2) is 70.6 Å². The molecule has 0 aliphatic rings. The van der Waals surface area contributed by atoms with Gasteiger partial charge in [0.15, 0.2) is 18.3 Å². The Bertz CT molecular complexity index is 7100. The second-order valence-electron chi connectivity index (χ2n) is 35.4. The third-order valence-corrected chi connectivity index (χ3v) is 23.7. The van der Waals surface area contributed by atoms with Gasteiger partial charge in [-0.25, -0.2) is 29.5 Å². The number of fused-ring (bicyclic) bond motifs is 4. The summed E-state index contributed by atoms with van der Waals surface area (Å²) < 4.78 is 71.4. The minimum Gasteiger partial charge on any atom is -0.509 e. The Balaban J connectivity index is 0.000000174. The number of halogens is 4. The number of aliphatic carboxylic acids is 2. The molecule has 4 unspecified atom stereocenters. The molecule has 0 aliphatic carbocycles. The Kier molecular flexibility index (Phi) is 41.7. The zero-order valence-electron chi connectivity index (χ0n) is 81.4. The lowest BCUT2D eigenvalue weighted by molar-refractivity contribution is -0.146. The molecule has 22 nitrogen and oxygen atoms in total. The van der Waals surface area contributed by atoms with Crippen LogP contribution >= 0.6 is 46.4 Å². The number of carbonyl (C=O) groups is 2. The molecule has 0 saturated carbocycles. The summed E-state index contributed by atoms with van der Waals surface area (Å²) in [5, 5.41) is 45.5. The molecule has 0 bridgehead atoms. The third kappa shape index (κ3) is 33.7. The first-order valence-corrected chi connectivity index (χ1v) is 49.1. The maximum atomic E-state index is 11.9. The van der Waals surface area contributed by atoms with Crippen LogP contribution in [0.25, 0.3) is 43.6 Å². The molecular formula is C122H120Cl4N4O18. The lowest BCUT2D eigenvalue weighted by Crippen LogP contribution is -2.29. The van der Waals surface area contributed by atoms with E-state index in [0.717, 1.165) is 83.3 Å². The van der Waals surface area contributed by atoms with Crippen molar-refractivity contribution in [3.63, 3.8) is 0 Å². The highest BCUT2D eigenvalue weighted by Gasteiger charge is 2.28. The van der Waals surface area contributed by atoms with Crippen LogP contribution in [0.15, 0.2) is 370 Å². The average Bonchev–Trinajstić information content (AvgIpc) is 0.826. The first-order chi connectivity index (χ1) is 70.7. The van der Waals surface area contributed by atoms with E-state index in [-0.39, 0.29) is 64.5 Å². The van der Waals surface area contributed by atoms with Gasteiger partial charge in [-0.2, -0.15) is 0 Å². The predicted molar refractivity (Wildman–Crippen MR) is 587 cm³/mol. The number of nitrogens with zero attached hydrogens (tertiary/aromatic N) is 4. The van der Waals surface area contributed by atoms with Gasteiger partial charge in [0.2, 0.25) is 6.10 Å². The molecule has 4 aromatic heterocycles. The highest BCUT2D eigenvalue weighted by atomic mass is 35.5. The van der Waals surface area contributed by atoms with Gasteiger partial charge in [0.05, 0.1) is 54.9 Å². The largest absolute Gasteiger partial charge is 0.509 e. The van der Waals surface area contributed by atoms with Crippen molar-refractivity contribution >= 4 is 102 Å². The van der Waals surface area contributed by atoms with Gasteiger partial charge in [-0.3, -0.25) is 0 Å². The lowest BCUT2D eigenvalue weighted by atomic mass is 10.0. The maximum absolute atomic E-state index is 11.9. The molecular weight excluding hydrogens is 1950 g/mol. The first kappa shape index (κ1) is 111. The highest BCUT2D eigenvalue weighted by Crippen LogP contribution is 2.39. The molecule has 4 heterocycles. The van der Waals surface area contributed by atoms with Gasteiger partial charge in [-0.05, 0) is 219 Å². The second-order valence-corrected chi connectivity index (χ2v) is 37.1. The van der Waals surface area contributed by atoms with Crippen molar-refractivity contribution < 1.29 is 86.9 Å². The summed E-state index contributed by atoms with van der Waals surface area (Å²) in [6.07, 6.45) is -1.54. The van der Waals surface area contributed by atoms with E-state index < -0.39 is 36.4 Å². The number of ether oxygens (including phenoxy) is 12. The summed E-state index contributed by atoms with van der Waals surface area (Å²) in [5.41, 5.74) is 10.5. The zero-order chi connectivity index (χ0) is 103. The summed E-state index contributed by atoms with van der Waals surface area (Å²) in [5.74, 6) is 5.85. The number of carboxylic acids is 2. The van der Waals surface area contributed by atoms with Gasteiger partial charge >= 0.3 is 11.9 Å². The predicted octanol–water partition coefficient (Wildman–Crippen LogP) is 31.3. The third-order valence-electron chi connectivity index (χ3n) is 22.6. The molecule has 0 spiro atoms. The van der Waals surface area contributed by atoms with Crippen molar-refractivity contribution in [2.75, 3.05) is 0 Å². The number of carboxylic acid groups (broad SMARTS) is 2. The van der Waals surface area contributed by atoms with Crippen LogP contribution in [-0.2, 0) is 62.4 Å². The van der Waals surface area contributed by atoms with Crippen LogP contribution in [0, 0.1) is 17.8 Å². The van der Waals surface area contributed by atoms with E-state index in [1.807, 2.05) is 257 Å². The van der Waals surface area contributed by atoms with Crippen LogP contribution in [0.4, 0.5) is 0 Å². The van der Waals surface area contributed by atoms with E-state index in [1.54, 1.807) is 103 Å². The number of aromatic nitrogens is 4. The summed E-state index contributed by atoms with van der Waals surface area (Å²) in [6, 6.07) is 107. The van der Waals surface area contributed by atoms with Gasteiger partial charge in [0.1, 0.15) is 133 Å². The lowest BCUT2D eigenvalue weighted by Gasteiger charge is -2.22. The fraction of sp³-hybridized carbons (Fsp3) is 0.213. The van der Waals surface area contributed by atoms with Crippen LogP contribution in [0.2, 0.25) is 20.1 Å². The summed E-state index contributed by atoms with van der Waals surface area (Å²) in [7, 11) is 0. The van der Waals surface area contributed by atoms with Crippen molar-refractivity contribution in [2.24, 2.45) is 17.8 Å². The van der Waals surface area contributed by atoms with Crippen molar-refractivity contribution in [3.8, 4) is 69.0 Å². The molecule has 0 amide bonds. The van der Waals surface area contributed by atoms with Gasteiger partial charge in [-0.15, -0.1) is 0 Å². The van der Waals surface area contributed by atoms with E-state index in [4.69, 9.17) is 103 Å². The molecule has 17 rings (SSSR count). The van der Waals surface area contributed by atoms with E-state index >= 15 is 0 Å². The van der Waals surface area contributed by atoms with E-state index in [9.17, 15) is 30.0 Å². The van der Waals surface area contributed by atoms with E-state index in [2.05, 4.69) is 60.8 Å². The monoisotopic (exact) mass is 2070 g/mol. The standard InChI is InChI=1S/C31H24ClNO5.2C30H30ClNO4.C29H28ClNO5.2CH4/c32-27-11-6-10-23(29(27)38-30(31(34)35)22-8-2-1-3-9-22)19-36-25-15-17-26(18-16-25)37-20-24-14-13-21-7-4-5-12-28(21)33-24;1-20(2)15-30(21(3)33)36-29-14-12-24(31)16-23(29)18-34-26-8-6-9-27(17-26)35-19-25-13-11-22-7-4-5-10-28(22)32-25;1-20(2)16-30(21(3)33)36-29-15-9-24(31)17-23(29)18-34-26-11-13-27(14-12-26)35-19-25-10-8-22-6-4-5-7-28(22)32-25;1-19(2)16-27(29(32)33)36-28-21(7-5-8-25(28)30)17-34-23-12-14-24(15-13-23)35-18-22-11-10-20-6-3-4-9-26(20)31-22;;/h1-18,30H,19-20H2,(H,34,35);4-14,16-17,20,30,33H,3,15,18-19H2,1-2H3;4-15,17,20,30,33H,3,16,18-19H2,1-2H3;3-15,19,27H,16-18H2,1-2H3,(H,32,33);2*1H4. The average molecular weight is 2070 g/mol. The van der Waals surface area contributed by atoms with Crippen LogP contribution in [0.3, 0.4) is 0 Å². The van der Waals surface area contributed by atoms with Gasteiger partial charge in [0, 0.05) is 65.5 Å². The highest BCUT2D eigenvalue weighted by molar-refractivity contribution is 6.32. The Morgan fingerprint density at radius 1 is 0.277 bits per heavy atom. The molecule has 764 valence electrons. The number of benzene rings is 13. The van der Waals surface area contributed by atoms with E-state index in [0.29, 0.717) is 152 Å². The summed E-state index contributed by atoms with van der Waals surface area (Å²) in [4.78, 5) is 42.1. The molecule has 148 heavy (non-hydrogen) atoms.